The average Bonchev–Trinajstić information content (AvgIpc) is 2.98. The van der Waals surface area contributed by atoms with Crippen LogP contribution in [0.2, 0.25) is 0 Å². The van der Waals surface area contributed by atoms with Gasteiger partial charge in [0.25, 0.3) is 5.91 Å². The highest BCUT2D eigenvalue weighted by atomic mass is 19.1. The Labute approximate surface area is 146 Å². The number of halogens is 2. The molecule has 1 aliphatic heterocycles. The highest BCUT2D eigenvalue weighted by Gasteiger charge is 2.27. The maximum Gasteiger partial charge on any atom is 0.350 e. The van der Waals surface area contributed by atoms with Crippen molar-refractivity contribution in [3.63, 3.8) is 0 Å². The molecule has 1 amide bonds. The molecular weight excluding hydrogens is 342 g/mol. The first-order valence-corrected chi connectivity index (χ1v) is 8.03. The van der Waals surface area contributed by atoms with E-state index in [2.05, 4.69) is 5.10 Å². The SMILES string of the molecule is O=C(c1ccccc1F)N1CCn2c(nn(-c3ccc(F)cc3)c2=O)C1. The lowest BCUT2D eigenvalue weighted by Crippen LogP contribution is -2.41. The van der Waals surface area contributed by atoms with Gasteiger partial charge in [-0.3, -0.25) is 9.36 Å². The molecule has 1 aromatic heterocycles. The Morgan fingerprint density at radius 1 is 1.00 bits per heavy atom. The lowest BCUT2D eigenvalue weighted by Gasteiger charge is -2.26. The summed E-state index contributed by atoms with van der Waals surface area (Å²) < 4.78 is 29.6. The van der Waals surface area contributed by atoms with Gasteiger partial charge in [-0.15, -0.1) is 5.10 Å². The van der Waals surface area contributed by atoms with E-state index in [1.165, 1.54) is 56.6 Å². The largest absolute Gasteiger partial charge is 0.350 e. The number of carbonyl (C=O) groups is 1. The van der Waals surface area contributed by atoms with Crippen molar-refractivity contribution in [3.05, 3.63) is 82.0 Å². The van der Waals surface area contributed by atoms with Gasteiger partial charge in [-0.1, -0.05) is 12.1 Å². The average molecular weight is 356 g/mol. The summed E-state index contributed by atoms with van der Waals surface area (Å²) in [6.45, 7) is 0.626. The molecule has 3 aromatic rings. The number of hydrogen-bond donors (Lipinski definition) is 0. The molecule has 0 aliphatic carbocycles. The predicted octanol–water partition coefficient (Wildman–Crippen LogP) is 1.97. The molecule has 0 bridgehead atoms. The molecule has 1 aliphatic rings. The summed E-state index contributed by atoms with van der Waals surface area (Å²) in [6, 6.07) is 11.2. The van der Waals surface area contributed by atoms with Crippen LogP contribution in [0.25, 0.3) is 5.69 Å². The molecule has 0 saturated carbocycles. The first-order chi connectivity index (χ1) is 12.5. The van der Waals surface area contributed by atoms with Gasteiger partial charge in [-0.05, 0) is 36.4 Å². The second kappa shape index (κ2) is 6.21. The lowest BCUT2D eigenvalue weighted by atomic mass is 10.1. The van der Waals surface area contributed by atoms with E-state index in [-0.39, 0.29) is 30.9 Å². The van der Waals surface area contributed by atoms with Gasteiger partial charge in [-0.2, -0.15) is 4.68 Å². The van der Waals surface area contributed by atoms with E-state index in [1.54, 1.807) is 6.07 Å². The molecule has 2 aromatic carbocycles. The predicted molar refractivity (Wildman–Crippen MR) is 88.9 cm³/mol. The van der Waals surface area contributed by atoms with Gasteiger partial charge >= 0.3 is 5.69 Å². The lowest BCUT2D eigenvalue weighted by molar-refractivity contribution is 0.0701. The van der Waals surface area contributed by atoms with Crippen LogP contribution in [0.1, 0.15) is 16.2 Å². The van der Waals surface area contributed by atoms with Crippen LogP contribution in [0.15, 0.2) is 53.3 Å². The van der Waals surface area contributed by atoms with Crippen molar-refractivity contribution >= 4 is 5.91 Å². The third kappa shape index (κ3) is 2.69. The van der Waals surface area contributed by atoms with Crippen molar-refractivity contribution < 1.29 is 13.6 Å². The first kappa shape index (κ1) is 16.2. The minimum absolute atomic E-state index is 0.0127. The standard InChI is InChI=1S/C18H14F2N4O2/c19-12-5-7-13(8-6-12)24-18(26)23-10-9-22(11-16(23)21-24)17(25)14-3-1-2-4-15(14)20/h1-8H,9-11H2. The molecule has 0 spiro atoms. The van der Waals surface area contributed by atoms with Gasteiger partial charge in [-0.25, -0.2) is 13.6 Å². The molecule has 6 nitrogen and oxygen atoms in total. The maximum atomic E-state index is 13.9. The highest BCUT2D eigenvalue weighted by Crippen LogP contribution is 2.16. The Hall–Kier alpha value is -3.29. The minimum Gasteiger partial charge on any atom is -0.329 e. The number of amides is 1. The summed E-state index contributed by atoms with van der Waals surface area (Å²) in [5.41, 5.74) is 0.0659. The van der Waals surface area contributed by atoms with E-state index in [0.29, 0.717) is 11.5 Å². The maximum absolute atomic E-state index is 13.9. The number of rotatable bonds is 2. The van der Waals surface area contributed by atoms with Crippen molar-refractivity contribution in [1.82, 2.24) is 19.2 Å². The molecule has 4 rings (SSSR count). The molecule has 0 atom stereocenters. The number of carbonyl (C=O) groups excluding carboxylic acids is 1. The summed E-state index contributed by atoms with van der Waals surface area (Å²) >= 11 is 0. The molecule has 0 radical (unpaired) electrons. The van der Waals surface area contributed by atoms with Gasteiger partial charge in [0.15, 0.2) is 5.82 Å². The van der Waals surface area contributed by atoms with Gasteiger partial charge in [0.1, 0.15) is 11.6 Å². The fraction of sp³-hybridized carbons (Fsp3) is 0.167. The van der Waals surface area contributed by atoms with Crippen LogP contribution in [0, 0.1) is 11.6 Å². The summed E-state index contributed by atoms with van der Waals surface area (Å²) in [7, 11) is 0. The van der Waals surface area contributed by atoms with Crippen molar-refractivity contribution in [2.24, 2.45) is 0 Å². The second-order valence-corrected chi connectivity index (χ2v) is 5.95. The van der Waals surface area contributed by atoms with Gasteiger partial charge in [0.2, 0.25) is 0 Å². The summed E-state index contributed by atoms with van der Waals surface area (Å²) in [6.07, 6.45) is 0. The molecule has 8 heteroatoms. The Kier molecular flexibility index (Phi) is 3.87. The van der Waals surface area contributed by atoms with Crippen LogP contribution >= 0.6 is 0 Å². The molecule has 26 heavy (non-hydrogen) atoms. The molecule has 0 unspecified atom stereocenters. The van der Waals surface area contributed by atoms with Gasteiger partial charge in [0.05, 0.1) is 17.8 Å². The Morgan fingerprint density at radius 2 is 1.73 bits per heavy atom. The van der Waals surface area contributed by atoms with Crippen LogP contribution in [-0.4, -0.2) is 31.7 Å². The van der Waals surface area contributed by atoms with Crippen LogP contribution < -0.4 is 5.69 Å². The molecule has 0 saturated heterocycles. The van der Waals surface area contributed by atoms with Crippen molar-refractivity contribution in [2.45, 2.75) is 13.1 Å². The van der Waals surface area contributed by atoms with E-state index >= 15 is 0 Å². The van der Waals surface area contributed by atoms with E-state index < -0.39 is 17.5 Å². The Balaban J connectivity index is 1.65. The summed E-state index contributed by atoms with van der Waals surface area (Å²) in [5.74, 6) is -1.04. The van der Waals surface area contributed by atoms with Gasteiger partial charge in [0, 0.05) is 13.1 Å². The number of hydrogen-bond acceptors (Lipinski definition) is 3. The third-order valence-corrected chi connectivity index (χ3v) is 4.33. The molecular formula is C18H14F2N4O2. The first-order valence-electron chi connectivity index (χ1n) is 8.03. The molecule has 132 valence electrons. The second-order valence-electron chi connectivity index (χ2n) is 5.95. The Morgan fingerprint density at radius 3 is 2.46 bits per heavy atom. The van der Waals surface area contributed by atoms with Crippen LogP contribution in [0.5, 0.6) is 0 Å². The third-order valence-electron chi connectivity index (χ3n) is 4.33. The normalized spacial score (nSPS) is 13.5. The van der Waals surface area contributed by atoms with Crippen molar-refractivity contribution in [1.29, 1.82) is 0 Å². The fourth-order valence-corrected chi connectivity index (χ4v) is 2.98. The zero-order valence-electron chi connectivity index (χ0n) is 13.6. The molecule has 0 N–H and O–H groups in total. The Bertz CT molecular complexity index is 1040. The van der Waals surface area contributed by atoms with Crippen molar-refractivity contribution in [2.75, 3.05) is 6.54 Å². The monoisotopic (exact) mass is 356 g/mol. The van der Waals surface area contributed by atoms with Gasteiger partial charge < -0.3 is 4.90 Å². The van der Waals surface area contributed by atoms with Crippen LogP contribution in [0.4, 0.5) is 8.78 Å². The smallest absolute Gasteiger partial charge is 0.329 e. The highest BCUT2D eigenvalue weighted by molar-refractivity contribution is 5.94. The molecule has 2 heterocycles. The topological polar surface area (TPSA) is 60.1 Å². The van der Waals surface area contributed by atoms with E-state index in [0.717, 1.165) is 0 Å². The van der Waals surface area contributed by atoms with E-state index in [4.69, 9.17) is 0 Å². The summed E-state index contributed by atoms with van der Waals surface area (Å²) in [5, 5.41) is 4.26. The zero-order valence-corrected chi connectivity index (χ0v) is 13.6. The van der Waals surface area contributed by atoms with E-state index in [1.807, 2.05) is 0 Å². The van der Waals surface area contributed by atoms with Crippen LogP contribution in [0.3, 0.4) is 0 Å². The van der Waals surface area contributed by atoms with Crippen LogP contribution in [-0.2, 0) is 13.1 Å². The number of nitrogens with zero attached hydrogens (tertiary/aromatic N) is 4. The zero-order chi connectivity index (χ0) is 18.3. The minimum atomic E-state index is -0.586. The number of fused-ring (bicyclic) bond motifs is 1. The number of benzene rings is 2. The quantitative estimate of drug-likeness (QED) is 0.705. The molecule has 0 fully saturated rings. The number of aromatic nitrogens is 3. The fourth-order valence-electron chi connectivity index (χ4n) is 2.98. The van der Waals surface area contributed by atoms with E-state index in [9.17, 15) is 18.4 Å². The van der Waals surface area contributed by atoms with Crippen molar-refractivity contribution in [3.8, 4) is 5.69 Å². The summed E-state index contributed by atoms with van der Waals surface area (Å²) in [4.78, 5) is 26.5.